The van der Waals surface area contributed by atoms with Crippen molar-refractivity contribution in [2.24, 2.45) is 4.99 Å². The van der Waals surface area contributed by atoms with E-state index >= 15 is 0 Å². The molecule has 1 aliphatic rings. The minimum Gasteiger partial charge on any atom is -0.465 e. The molecule has 0 aromatic carbocycles. The van der Waals surface area contributed by atoms with Crippen LogP contribution in [0.25, 0.3) is 0 Å². The van der Waals surface area contributed by atoms with Crippen LogP contribution in [0.1, 0.15) is 26.2 Å². The van der Waals surface area contributed by atoms with Gasteiger partial charge in [-0.15, -0.1) is 11.8 Å². The topological polar surface area (TPSA) is 38.7 Å². The third-order valence-electron chi connectivity index (χ3n) is 1.94. The van der Waals surface area contributed by atoms with Crippen molar-refractivity contribution in [3.05, 3.63) is 0 Å². The zero-order valence-corrected chi connectivity index (χ0v) is 8.89. The summed E-state index contributed by atoms with van der Waals surface area (Å²) in [4.78, 5) is 15.4. The minimum atomic E-state index is -0.272. The Kier molecular flexibility index (Phi) is 4.28. The summed E-state index contributed by atoms with van der Waals surface area (Å²) in [6.45, 7) is 2.16. The van der Waals surface area contributed by atoms with E-state index in [9.17, 15) is 4.79 Å². The van der Waals surface area contributed by atoms with E-state index in [2.05, 4.69) is 16.7 Å². The second-order valence-corrected chi connectivity index (χ2v) is 4.14. The number of methoxy groups -OCH3 is 1. The van der Waals surface area contributed by atoms with Gasteiger partial charge >= 0.3 is 5.97 Å². The maximum absolute atomic E-state index is 11.1. The largest absolute Gasteiger partial charge is 0.465 e. The summed E-state index contributed by atoms with van der Waals surface area (Å²) in [5.74, 6) is 0.438. The Bertz CT molecular complexity index is 216. The Morgan fingerprint density at radius 3 is 3.15 bits per heavy atom. The average Bonchev–Trinajstić information content (AvgIpc) is 2.62. The Morgan fingerprint density at radius 1 is 1.77 bits per heavy atom. The number of hydrogen-bond donors (Lipinski definition) is 0. The quantitative estimate of drug-likeness (QED) is 0.652. The van der Waals surface area contributed by atoms with E-state index in [4.69, 9.17) is 0 Å². The van der Waals surface area contributed by atoms with Gasteiger partial charge < -0.3 is 4.74 Å². The predicted molar refractivity (Wildman–Crippen MR) is 55.2 cm³/mol. The minimum absolute atomic E-state index is 0.272. The van der Waals surface area contributed by atoms with E-state index in [-0.39, 0.29) is 11.3 Å². The molecule has 1 atom stereocenters. The molecule has 0 unspecified atom stereocenters. The molecule has 0 amide bonds. The van der Waals surface area contributed by atoms with Crippen LogP contribution in [0.2, 0.25) is 0 Å². The monoisotopic (exact) mass is 201 g/mol. The average molecular weight is 201 g/mol. The van der Waals surface area contributed by atoms with Crippen molar-refractivity contribution in [3.63, 3.8) is 0 Å². The summed E-state index contributed by atoms with van der Waals surface area (Å²) in [6, 6.07) is 0. The highest BCUT2D eigenvalue weighted by Gasteiger charge is 2.22. The smallest absolute Gasteiger partial charge is 0.352 e. The van der Waals surface area contributed by atoms with Gasteiger partial charge in [0.15, 0.2) is 0 Å². The first-order valence-corrected chi connectivity index (χ1v) is 5.59. The fraction of sp³-hybridized carbons (Fsp3) is 0.778. The van der Waals surface area contributed by atoms with Gasteiger partial charge in [-0.25, -0.2) is 4.79 Å². The van der Waals surface area contributed by atoms with Crippen molar-refractivity contribution in [2.75, 3.05) is 12.9 Å². The Morgan fingerprint density at radius 2 is 2.54 bits per heavy atom. The molecule has 0 aromatic heterocycles. The molecule has 0 spiro atoms. The molecule has 13 heavy (non-hydrogen) atoms. The molecule has 4 heteroatoms. The summed E-state index contributed by atoms with van der Waals surface area (Å²) in [5, 5.41) is 0.286. The standard InChI is InChI=1S/C9H15NO2S/c1-3-4-5-8-10-7(6-13-8)9(11)12-2/h8H,3-6H2,1-2H3/t8-/m0/s1. The first-order valence-electron chi connectivity index (χ1n) is 4.54. The van der Waals surface area contributed by atoms with Crippen molar-refractivity contribution >= 4 is 23.4 Å². The molecule has 3 nitrogen and oxygen atoms in total. The van der Waals surface area contributed by atoms with Gasteiger partial charge in [-0.3, -0.25) is 4.99 Å². The van der Waals surface area contributed by atoms with E-state index in [1.807, 2.05) is 0 Å². The molecule has 0 aromatic rings. The van der Waals surface area contributed by atoms with Crippen LogP contribution in [0.3, 0.4) is 0 Å². The Balaban J connectivity index is 2.39. The van der Waals surface area contributed by atoms with Crippen LogP contribution in [0.4, 0.5) is 0 Å². The third kappa shape index (κ3) is 3.03. The lowest BCUT2D eigenvalue weighted by atomic mass is 10.2. The molecule has 1 heterocycles. The number of unbranched alkanes of at least 4 members (excludes halogenated alkanes) is 1. The van der Waals surface area contributed by atoms with Crippen molar-refractivity contribution < 1.29 is 9.53 Å². The maximum atomic E-state index is 11.1. The van der Waals surface area contributed by atoms with Crippen LogP contribution in [0, 0.1) is 0 Å². The first kappa shape index (κ1) is 10.6. The number of esters is 1. The number of carbonyl (C=O) groups is 1. The lowest BCUT2D eigenvalue weighted by Gasteiger charge is -2.02. The second-order valence-electron chi connectivity index (χ2n) is 2.98. The zero-order valence-electron chi connectivity index (χ0n) is 8.08. The van der Waals surface area contributed by atoms with E-state index < -0.39 is 0 Å². The van der Waals surface area contributed by atoms with Crippen molar-refractivity contribution in [2.45, 2.75) is 31.6 Å². The Hall–Kier alpha value is -0.510. The summed E-state index contributed by atoms with van der Waals surface area (Å²) >= 11 is 1.73. The number of carbonyl (C=O) groups excluding carboxylic acids is 1. The lowest BCUT2D eigenvalue weighted by Crippen LogP contribution is -2.15. The molecule has 1 rings (SSSR count). The summed E-state index contributed by atoms with van der Waals surface area (Å²) in [7, 11) is 1.40. The van der Waals surface area contributed by atoms with E-state index in [0.717, 1.165) is 6.42 Å². The molecule has 0 aliphatic carbocycles. The van der Waals surface area contributed by atoms with Gasteiger partial charge in [-0.05, 0) is 6.42 Å². The SMILES string of the molecule is CCCC[C@H]1N=C(C(=O)OC)CS1. The van der Waals surface area contributed by atoms with Crippen LogP contribution >= 0.6 is 11.8 Å². The van der Waals surface area contributed by atoms with Crippen molar-refractivity contribution in [1.29, 1.82) is 0 Å². The maximum Gasteiger partial charge on any atom is 0.352 e. The van der Waals surface area contributed by atoms with Gasteiger partial charge in [0.2, 0.25) is 0 Å². The highest BCUT2D eigenvalue weighted by atomic mass is 32.2. The molecule has 1 aliphatic heterocycles. The summed E-state index contributed by atoms with van der Waals surface area (Å²) < 4.78 is 4.60. The molecule has 0 fully saturated rings. The highest BCUT2D eigenvalue weighted by molar-refractivity contribution is 8.01. The van der Waals surface area contributed by atoms with Crippen LogP contribution in [0.15, 0.2) is 4.99 Å². The molecular formula is C9H15NO2S. The van der Waals surface area contributed by atoms with Crippen molar-refractivity contribution in [1.82, 2.24) is 0 Å². The summed E-state index contributed by atoms with van der Waals surface area (Å²) in [6.07, 6.45) is 3.43. The van der Waals surface area contributed by atoms with Crippen LogP contribution in [-0.4, -0.2) is 29.9 Å². The molecular weight excluding hydrogens is 186 g/mol. The third-order valence-corrected chi connectivity index (χ3v) is 3.10. The van der Waals surface area contributed by atoms with E-state index in [0.29, 0.717) is 11.5 Å². The number of ether oxygens (including phenoxy) is 1. The second kappa shape index (κ2) is 5.27. The van der Waals surface area contributed by atoms with Gasteiger partial charge in [-0.1, -0.05) is 19.8 Å². The van der Waals surface area contributed by atoms with Gasteiger partial charge in [0.1, 0.15) is 5.71 Å². The van der Waals surface area contributed by atoms with Crippen LogP contribution in [-0.2, 0) is 9.53 Å². The Labute approximate surface area is 82.9 Å². The van der Waals surface area contributed by atoms with E-state index in [1.165, 1.54) is 20.0 Å². The number of hydrogen-bond acceptors (Lipinski definition) is 4. The van der Waals surface area contributed by atoms with Gasteiger partial charge in [-0.2, -0.15) is 0 Å². The normalized spacial score (nSPS) is 21.4. The molecule has 74 valence electrons. The number of aliphatic imine (C=N–C) groups is 1. The fourth-order valence-electron chi connectivity index (χ4n) is 1.18. The molecule has 0 N–H and O–H groups in total. The van der Waals surface area contributed by atoms with Gasteiger partial charge in [0.25, 0.3) is 0 Å². The zero-order chi connectivity index (χ0) is 9.68. The molecule has 0 saturated heterocycles. The van der Waals surface area contributed by atoms with Gasteiger partial charge in [0.05, 0.1) is 12.5 Å². The molecule has 0 radical (unpaired) electrons. The number of nitrogens with zero attached hydrogens (tertiary/aromatic N) is 1. The van der Waals surface area contributed by atoms with E-state index in [1.54, 1.807) is 11.8 Å². The molecule has 0 saturated carbocycles. The number of thioether (sulfide) groups is 1. The predicted octanol–water partition coefficient (Wildman–Crippen LogP) is 1.86. The first-order chi connectivity index (χ1) is 6.27. The summed E-state index contributed by atoms with van der Waals surface area (Å²) in [5.41, 5.74) is 0.591. The molecule has 0 bridgehead atoms. The van der Waals surface area contributed by atoms with Crippen LogP contribution < -0.4 is 0 Å². The highest BCUT2D eigenvalue weighted by Crippen LogP contribution is 2.25. The lowest BCUT2D eigenvalue weighted by molar-refractivity contribution is -0.132. The van der Waals surface area contributed by atoms with Gasteiger partial charge in [0, 0.05) is 5.75 Å². The fourth-order valence-corrected chi connectivity index (χ4v) is 2.26. The number of rotatable bonds is 4. The van der Waals surface area contributed by atoms with Crippen molar-refractivity contribution in [3.8, 4) is 0 Å². The van der Waals surface area contributed by atoms with Crippen LogP contribution in [0.5, 0.6) is 0 Å².